The SMILES string of the molecule is Cl.O=c1cc(O)nc(-c2ccc(O)cc2)[nH]1. The highest BCUT2D eigenvalue weighted by Gasteiger charge is 2.02. The van der Waals surface area contributed by atoms with Crippen LogP contribution in [0.15, 0.2) is 35.1 Å². The van der Waals surface area contributed by atoms with Gasteiger partial charge in [-0.05, 0) is 24.3 Å². The quantitative estimate of drug-likeness (QED) is 0.701. The summed E-state index contributed by atoms with van der Waals surface area (Å²) in [5.74, 6) is 0.0584. The molecule has 0 atom stereocenters. The molecule has 0 radical (unpaired) electrons. The average Bonchev–Trinajstić information content (AvgIpc) is 2.17. The van der Waals surface area contributed by atoms with E-state index in [1.165, 1.54) is 12.1 Å². The Balaban J connectivity index is 0.00000128. The fourth-order valence-electron chi connectivity index (χ4n) is 1.20. The third kappa shape index (κ3) is 2.52. The van der Waals surface area contributed by atoms with Gasteiger partial charge in [0.15, 0.2) is 0 Å². The number of nitrogens with one attached hydrogen (secondary N) is 1. The minimum absolute atomic E-state index is 0. The number of hydrogen-bond acceptors (Lipinski definition) is 4. The maximum Gasteiger partial charge on any atom is 0.254 e. The predicted octanol–water partition coefficient (Wildman–Crippen LogP) is 1.27. The van der Waals surface area contributed by atoms with Gasteiger partial charge in [-0.25, -0.2) is 0 Å². The van der Waals surface area contributed by atoms with Crippen molar-refractivity contribution in [3.05, 3.63) is 40.7 Å². The number of phenols is 1. The Morgan fingerprint density at radius 1 is 1.12 bits per heavy atom. The molecule has 1 aromatic heterocycles. The molecule has 2 aromatic rings. The first kappa shape index (κ1) is 12.1. The molecule has 16 heavy (non-hydrogen) atoms. The molecule has 0 saturated carbocycles. The van der Waals surface area contributed by atoms with Gasteiger partial charge in [0.2, 0.25) is 5.88 Å². The standard InChI is InChI=1S/C10H8N2O3.ClH/c13-7-3-1-6(2-4-7)10-11-8(14)5-9(15)12-10;/h1-5,13H,(H2,11,12,14,15);1H. The molecule has 0 spiro atoms. The highest BCUT2D eigenvalue weighted by atomic mass is 35.5. The lowest BCUT2D eigenvalue weighted by Crippen LogP contribution is -2.06. The second-order valence-corrected chi connectivity index (χ2v) is 3.00. The van der Waals surface area contributed by atoms with Crippen molar-refractivity contribution in [2.45, 2.75) is 0 Å². The normalized spacial score (nSPS) is 9.50. The van der Waals surface area contributed by atoms with Gasteiger partial charge in [-0.3, -0.25) is 4.79 Å². The van der Waals surface area contributed by atoms with Crippen LogP contribution in [0.25, 0.3) is 11.4 Å². The van der Waals surface area contributed by atoms with Crippen LogP contribution in [0.1, 0.15) is 0 Å². The molecule has 0 unspecified atom stereocenters. The lowest BCUT2D eigenvalue weighted by Gasteiger charge is -2.00. The van der Waals surface area contributed by atoms with Gasteiger partial charge in [0, 0.05) is 5.56 Å². The van der Waals surface area contributed by atoms with E-state index in [0.717, 1.165) is 6.07 Å². The lowest BCUT2D eigenvalue weighted by molar-refractivity contribution is 0.452. The number of aromatic nitrogens is 2. The summed E-state index contributed by atoms with van der Waals surface area (Å²) < 4.78 is 0. The number of aromatic hydroxyl groups is 2. The van der Waals surface area contributed by atoms with E-state index in [2.05, 4.69) is 9.97 Å². The van der Waals surface area contributed by atoms with Crippen LogP contribution in [0.5, 0.6) is 11.6 Å². The van der Waals surface area contributed by atoms with Crippen molar-refractivity contribution in [3.8, 4) is 23.0 Å². The minimum Gasteiger partial charge on any atom is -0.508 e. The highest BCUT2D eigenvalue weighted by Crippen LogP contribution is 2.18. The van der Waals surface area contributed by atoms with E-state index in [-0.39, 0.29) is 29.9 Å². The molecule has 0 aliphatic heterocycles. The maximum absolute atomic E-state index is 11.0. The van der Waals surface area contributed by atoms with Gasteiger partial charge >= 0.3 is 0 Å². The van der Waals surface area contributed by atoms with E-state index < -0.39 is 5.56 Å². The Labute approximate surface area is 96.8 Å². The van der Waals surface area contributed by atoms with Crippen molar-refractivity contribution in [2.75, 3.05) is 0 Å². The second kappa shape index (κ2) is 4.67. The molecule has 5 nitrogen and oxygen atoms in total. The van der Waals surface area contributed by atoms with E-state index in [4.69, 9.17) is 10.2 Å². The smallest absolute Gasteiger partial charge is 0.254 e. The first-order valence-electron chi connectivity index (χ1n) is 4.25. The predicted molar refractivity (Wildman–Crippen MR) is 60.9 cm³/mol. The molecule has 1 heterocycles. The molecule has 1 aromatic carbocycles. The molecular formula is C10H9ClN2O3. The van der Waals surface area contributed by atoms with Crippen LogP contribution in [0.2, 0.25) is 0 Å². The summed E-state index contributed by atoms with van der Waals surface area (Å²) in [6, 6.07) is 7.11. The second-order valence-electron chi connectivity index (χ2n) is 3.00. The van der Waals surface area contributed by atoms with Crippen LogP contribution >= 0.6 is 12.4 Å². The van der Waals surface area contributed by atoms with Gasteiger partial charge in [0.05, 0.1) is 6.07 Å². The molecule has 0 aliphatic rings. The third-order valence-corrected chi connectivity index (χ3v) is 1.87. The number of rotatable bonds is 1. The average molecular weight is 241 g/mol. The topological polar surface area (TPSA) is 86.2 Å². The van der Waals surface area contributed by atoms with Gasteiger partial charge in [-0.15, -0.1) is 12.4 Å². The summed E-state index contributed by atoms with van der Waals surface area (Å²) in [6.45, 7) is 0. The van der Waals surface area contributed by atoms with Crippen LogP contribution in [-0.4, -0.2) is 20.2 Å². The summed E-state index contributed by atoms with van der Waals surface area (Å²) in [7, 11) is 0. The molecule has 6 heteroatoms. The lowest BCUT2D eigenvalue weighted by atomic mass is 10.2. The third-order valence-electron chi connectivity index (χ3n) is 1.87. The molecule has 0 saturated heterocycles. The van der Waals surface area contributed by atoms with Crippen molar-refractivity contribution in [3.63, 3.8) is 0 Å². The number of phenolic OH excluding ortho intramolecular Hbond substituents is 1. The van der Waals surface area contributed by atoms with Crippen LogP contribution in [0, 0.1) is 0 Å². The van der Waals surface area contributed by atoms with E-state index >= 15 is 0 Å². The van der Waals surface area contributed by atoms with Gasteiger partial charge < -0.3 is 15.2 Å². The van der Waals surface area contributed by atoms with Crippen molar-refractivity contribution in [1.29, 1.82) is 0 Å². The minimum atomic E-state index is -0.425. The van der Waals surface area contributed by atoms with Gasteiger partial charge in [0.1, 0.15) is 11.6 Å². The summed E-state index contributed by atoms with van der Waals surface area (Å²) in [5.41, 5.74) is 0.186. The van der Waals surface area contributed by atoms with E-state index in [0.29, 0.717) is 5.56 Å². The highest BCUT2D eigenvalue weighted by molar-refractivity contribution is 5.85. The summed E-state index contributed by atoms with van der Waals surface area (Å²) >= 11 is 0. The fourth-order valence-corrected chi connectivity index (χ4v) is 1.20. The Morgan fingerprint density at radius 3 is 2.31 bits per heavy atom. The molecule has 0 bridgehead atoms. The van der Waals surface area contributed by atoms with E-state index in [1.54, 1.807) is 12.1 Å². The Morgan fingerprint density at radius 2 is 1.75 bits per heavy atom. The zero-order valence-electron chi connectivity index (χ0n) is 8.04. The first-order chi connectivity index (χ1) is 7.15. The van der Waals surface area contributed by atoms with Gasteiger partial charge in [-0.2, -0.15) is 4.98 Å². The number of aromatic amines is 1. The zero-order valence-corrected chi connectivity index (χ0v) is 8.86. The number of benzene rings is 1. The van der Waals surface area contributed by atoms with Crippen molar-refractivity contribution in [2.24, 2.45) is 0 Å². The van der Waals surface area contributed by atoms with E-state index in [1.807, 2.05) is 0 Å². The molecule has 2 rings (SSSR count). The fraction of sp³-hybridized carbons (Fsp3) is 0. The Hall–Kier alpha value is -2.01. The monoisotopic (exact) mass is 240 g/mol. The summed E-state index contributed by atoms with van der Waals surface area (Å²) in [4.78, 5) is 17.3. The van der Waals surface area contributed by atoms with Crippen LogP contribution in [-0.2, 0) is 0 Å². The van der Waals surface area contributed by atoms with Crippen LogP contribution < -0.4 is 5.56 Å². The summed E-state index contributed by atoms with van der Waals surface area (Å²) in [5, 5.41) is 18.2. The maximum atomic E-state index is 11.0. The molecule has 3 N–H and O–H groups in total. The number of hydrogen-bond donors (Lipinski definition) is 3. The zero-order chi connectivity index (χ0) is 10.8. The van der Waals surface area contributed by atoms with Gasteiger partial charge in [-0.1, -0.05) is 0 Å². The van der Waals surface area contributed by atoms with Crippen LogP contribution in [0.3, 0.4) is 0 Å². The number of nitrogens with zero attached hydrogens (tertiary/aromatic N) is 1. The molecular weight excluding hydrogens is 232 g/mol. The van der Waals surface area contributed by atoms with Gasteiger partial charge in [0.25, 0.3) is 5.56 Å². The molecule has 84 valence electrons. The Kier molecular flexibility index (Phi) is 3.52. The van der Waals surface area contributed by atoms with Crippen molar-refractivity contribution in [1.82, 2.24) is 9.97 Å². The number of H-pyrrole nitrogens is 1. The summed E-state index contributed by atoms with van der Waals surface area (Å²) in [6.07, 6.45) is 0. The van der Waals surface area contributed by atoms with E-state index in [9.17, 15) is 4.79 Å². The van der Waals surface area contributed by atoms with Crippen LogP contribution in [0.4, 0.5) is 0 Å². The molecule has 0 fully saturated rings. The first-order valence-corrected chi connectivity index (χ1v) is 4.25. The van der Waals surface area contributed by atoms with Crippen molar-refractivity contribution >= 4 is 12.4 Å². The van der Waals surface area contributed by atoms with Crippen molar-refractivity contribution < 1.29 is 10.2 Å². The largest absolute Gasteiger partial charge is 0.508 e. The molecule has 0 aliphatic carbocycles. The Bertz CT molecular complexity index is 537. The molecule has 0 amide bonds. The number of halogens is 1.